The van der Waals surface area contributed by atoms with Crippen molar-refractivity contribution >= 4 is 5.91 Å². The van der Waals surface area contributed by atoms with Gasteiger partial charge in [0.15, 0.2) is 0 Å². The highest BCUT2D eigenvalue weighted by Crippen LogP contribution is 2.16. The van der Waals surface area contributed by atoms with Crippen molar-refractivity contribution in [3.05, 3.63) is 102 Å². The third kappa shape index (κ3) is 4.73. The SMILES string of the molecule is CN(CCOc1ccccc1)C(=O)c1ccccc1Cc1ccccc1. The summed E-state index contributed by atoms with van der Waals surface area (Å²) in [5.41, 5.74) is 2.99. The quantitative estimate of drug-likeness (QED) is 0.634. The molecule has 3 aromatic rings. The minimum absolute atomic E-state index is 0.0215. The van der Waals surface area contributed by atoms with Crippen LogP contribution in [-0.2, 0) is 6.42 Å². The van der Waals surface area contributed by atoms with E-state index in [0.29, 0.717) is 13.2 Å². The van der Waals surface area contributed by atoms with Crippen LogP contribution in [0.1, 0.15) is 21.5 Å². The summed E-state index contributed by atoms with van der Waals surface area (Å²) in [5, 5.41) is 0. The van der Waals surface area contributed by atoms with Gasteiger partial charge in [0.25, 0.3) is 5.91 Å². The van der Waals surface area contributed by atoms with Gasteiger partial charge in [-0.2, -0.15) is 0 Å². The summed E-state index contributed by atoms with van der Waals surface area (Å²) < 4.78 is 5.69. The molecule has 0 atom stereocenters. The number of likely N-dealkylation sites (N-methyl/N-ethyl adjacent to an activating group) is 1. The van der Waals surface area contributed by atoms with Crippen molar-refractivity contribution in [2.24, 2.45) is 0 Å². The number of carbonyl (C=O) groups excluding carboxylic acids is 1. The van der Waals surface area contributed by atoms with Gasteiger partial charge in [-0.1, -0.05) is 66.7 Å². The fourth-order valence-electron chi connectivity index (χ4n) is 2.82. The first-order valence-electron chi connectivity index (χ1n) is 8.79. The van der Waals surface area contributed by atoms with E-state index in [9.17, 15) is 4.79 Å². The molecular formula is C23H23NO2. The maximum Gasteiger partial charge on any atom is 0.254 e. The molecule has 3 heteroatoms. The van der Waals surface area contributed by atoms with Crippen LogP contribution in [0.2, 0.25) is 0 Å². The van der Waals surface area contributed by atoms with E-state index in [1.54, 1.807) is 4.90 Å². The van der Waals surface area contributed by atoms with Crippen molar-refractivity contribution in [3.8, 4) is 5.75 Å². The van der Waals surface area contributed by atoms with Gasteiger partial charge in [-0.05, 0) is 35.7 Å². The van der Waals surface area contributed by atoms with E-state index in [4.69, 9.17) is 4.74 Å². The summed E-state index contributed by atoms with van der Waals surface area (Å²) in [5.74, 6) is 0.839. The van der Waals surface area contributed by atoms with E-state index in [-0.39, 0.29) is 5.91 Å². The largest absolute Gasteiger partial charge is 0.492 e. The summed E-state index contributed by atoms with van der Waals surface area (Å²) in [6, 6.07) is 27.7. The predicted octanol–water partition coefficient (Wildman–Crippen LogP) is 4.43. The van der Waals surface area contributed by atoms with Crippen molar-refractivity contribution in [1.29, 1.82) is 0 Å². The molecule has 0 unspecified atom stereocenters. The summed E-state index contributed by atoms with van der Waals surface area (Å²) in [6.45, 7) is 1.00. The summed E-state index contributed by atoms with van der Waals surface area (Å²) in [7, 11) is 1.82. The second-order valence-electron chi connectivity index (χ2n) is 6.21. The van der Waals surface area contributed by atoms with Crippen LogP contribution < -0.4 is 4.74 Å². The van der Waals surface area contributed by atoms with Gasteiger partial charge in [0.05, 0.1) is 6.54 Å². The fourth-order valence-corrected chi connectivity index (χ4v) is 2.82. The van der Waals surface area contributed by atoms with Gasteiger partial charge >= 0.3 is 0 Å². The molecular weight excluding hydrogens is 322 g/mol. The van der Waals surface area contributed by atoms with Crippen LogP contribution >= 0.6 is 0 Å². The Morgan fingerprint density at radius 3 is 2.19 bits per heavy atom. The molecule has 3 rings (SSSR count). The fraction of sp³-hybridized carbons (Fsp3) is 0.174. The standard InChI is InChI=1S/C23H23NO2/c1-24(16-17-26-21-13-6-3-7-14-21)23(25)22-15-9-8-12-20(22)18-19-10-4-2-5-11-19/h2-15H,16-18H2,1H3. The lowest BCUT2D eigenvalue weighted by Gasteiger charge is -2.19. The molecule has 3 aromatic carbocycles. The van der Waals surface area contributed by atoms with Gasteiger partial charge in [-0.25, -0.2) is 0 Å². The molecule has 26 heavy (non-hydrogen) atoms. The highest BCUT2D eigenvalue weighted by molar-refractivity contribution is 5.95. The highest BCUT2D eigenvalue weighted by Gasteiger charge is 2.15. The minimum Gasteiger partial charge on any atom is -0.492 e. The predicted molar refractivity (Wildman–Crippen MR) is 105 cm³/mol. The third-order valence-electron chi connectivity index (χ3n) is 4.27. The smallest absolute Gasteiger partial charge is 0.254 e. The summed E-state index contributed by atoms with van der Waals surface area (Å²) in [4.78, 5) is 14.6. The van der Waals surface area contributed by atoms with E-state index in [1.807, 2.05) is 79.8 Å². The average molecular weight is 345 g/mol. The molecule has 132 valence electrons. The molecule has 0 heterocycles. The van der Waals surface area contributed by atoms with Gasteiger partial charge < -0.3 is 9.64 Å². The molecule has 0 saturated carbocycles. The van der Waals surface area contributed by atoms with Crippen molar-refractivity contribution in [2.75, 3.05) is 20.2 Å². The van der Waals surface area contributed by atoms with Crippen LogP contribution in [0.4, 0.5) is 0 Å². The van der Waals surface area contributed by atoms with E-state index >= 15 is 0 Å². The number of benzene rings is 3. The highest BCUT2D eigenvalue weighted by atomic mass is 16.5. The number of ether oxygens (including phenoxy) is 1. The summed E-state index contributed by atoms with van der Waals surface area (Å²) >= 11 is 0. The topological polar surface area (TPSA) is 29.5 Å². The number of nitrogens with zero attached hydrogens (tertiary/aromatic N) is 1. The molecule has 3 nitrogen and oxygen atoms in total. The molecule has 0 bridgehead atoms. The van der Waals surface area contributed by atoms with Crippen molar-refractivity contribution in [3.63, 3.8) is 0 Å². The first-order valence-corrected chi connectivity index (χ1v) is 8.79. The Balaban J connectivity index is 1.63. The second kappa shape index (κ2) is 8.86. The molecule has 0 aliphatic heterocycles. The first-order chi connectivity index (χ1) is 12.7. The maximum absolute atomic E-state index is 12.9. The lowest BCUT2D eigenvalue weighted by Crippen LogP contribution is -2.31. The number of rotatable bonds is 7. The number of para-hydroxylation sites is 1. The van der Waals surface area contributed by atoms with Crippen molar-refractivity contribution < 1.29 is 9.53 Å². The van der Waals surface area contributed by atoms with Crippen molar-refractivity contribution in [2.45, 2.75) is 6.42 Å². The first kappa shape index (κ1) is 17.7. The van der Waals surface area contributed by atoms with E-state index in [0.717, 1.165) is 23.3 Å². The Kier molecular flexibility index (Phi) is 6.05. The maximum atomic E-state index is 12.9. The zero-order valence-corrected chi connectivity index (χ0v) is 15.0. The molecule has 0 aromatic heterocycles. The molecule has 1 amide bonds. The number of hydrogen-bond donors (Lipinski definition) is 0. The van der Waals surface area contributed by atoms with Crippen LogP contribution in [-0.4, -0.2) is 31.0 Å². The third-order valence-corrected chi connectivity index (χ3v) is 4.27. The molecule has 0 radical (unpaired) electrons. The van der Waals surface area contributed by atoms with E-state index < -0.39 is 0 Å². The van der Waals surface area contributed by atoms with Crippen LogP contribution in [0.25, 0.3) is 0 Å². The van der Waals surface area contributed by atoms with Gasteiger partial charge in [0.2, 0.25) is 0 Å². The van der Waals surface area contributed by atoms with Crippen LogP contribution in [0.5, 0.6) is 5.75 Å². The Morgan fingerprint density at radius 1 is 0.846 bits per heavy atom. The molecule has 0 aliphatic carbocycles. The van der Waals surface area contributed by atoms with Crippen LogP contribution in [0, 0.1) is 0 Å². The second-order valence-corrected chi connectivity index (χ2v) is 6.21. The summed E-state index contributed by atoms with van der Waals surface area (Å²) in [6.07, 6.45) is 0.747. The monoisotopic (exact) mass is 345 g/mol. The van der Waals surface area contributed by atoms with Gasteiger partial charge in [-0.15, -0.1) is 0 Å². The molecule has 0 saturated heterocycles. The number of amides is 1. The molecule has 0 spiro atoms. The molecule has 0 N–H and O–H groups in total. The zero-order chi connectivity index (χ0) is 18.2. The number of hydrogen-bond acceptors (Lipinski definition) is 2. The normalized spacial score (nSPS) is 10.3. The Hall–Kier alpha value is -3.07. The lowest BCUT2D eigenvalue weighted by atomic mass is 9.99. The van der Waals surface area contributed by atoms with Gasteiger partial charge in [0.1, 0.15) is 12.4 Å². The Morgan fingerprint density at radius 2 is 1.46 bits per heavy atom. The van der Waals surface area contributed by atoms with Gasteiger partial charge in [0, 0.05) is 12.6 Å². The Bertz CT molecular complexity index is 831. The zero-order valence-electron chi connectivity index (χ0n) is 15.0. The van der Waals surface area contributed by atoms with E-state index in [1.165, 1.54) is 5.56 Å². The van der Waals surface area contributed by atoms with E-state index in [2.05, 4.69) is 12.1 Å². The molecule has 0 aliphatic rings. The Labute approximate surface area is 154 Å². The van der Waals surface area contributed by atoms with Crippen molar-refractivity contribution in [1.82, 2.24) is 4.90 Å². The number of carbonyl (C=O) groups is 1. The van der Waals surface area contributed by atoms with Crippen LogP contribution in [0.15, 0.2) is 84.9 Å². The molecule has 0 fully saturated rings. The minimum atomic E-state index is 0.0215. The van der Waals surface area contributed by atoms with Gasteiger partial charge in [-0.3, -0.25) is 4.79 Å². The lowest BCUT2D eigenvalue weighted by molar-refractivity contribution is 0.0773. The average Bonchev–Trinajstić information content (AvgIpc) is 2.69. The van der Waals surface area contributed by atoms with Crippen LogP contribution in [0.3, 0.4) is 0 Å².